The molecule has 114 valence electrons. The monoisotopic (exact) mass is 314 g/mol. The van der Waals surface area contributed by atoms with E-state index < -0.39 is 11.7 Å². The van der Waals surface area contributed by atoms with Crippen molar-refractivity contribution in [1.82, 2.24) is 0 Å². The van der Waals surface area contributed by atoms with Gasteiger partial charge in [0, 0.05) is 17.7 Å². The predicted molar refractivity (Wildman–Crippen MR) is 79.6 cm³/mol. The summed E-state index contributed by atoms with van der Waals surface area (Å²) in [5.74, 6) is 0. The molecule has 1 saturated carbocycles. The lowest BCUT2D eigenvalue weighted by molar-refractivity contribution is -0.137. The molecule has 0 amide bonds. The summed E-state index contributed by atoms with van der Waals surface area (Å²) in [4.78, 5) is 4.67. The van der Waals surface area contributed by atoms with Crippen LogP contribution in [0.2, 0.25) is 0 Å². The zero-order valence-electron chi connectivity index (χ0n) is 11.4. The van der Waals surface area contributed by atoms with E-state index in [-0.39, 0.29) is 6.04 Å². The third-order valence-electron chi connectivity index (χ3n) is 4.00. The second-order valence-electron chi connectivity index (χ2n) is 5.69. The standard InChI is InChI=1S/C15H17F3N2S/c16-15(17,18)10-3-1-2-9(6-10)7-14-20-12-5-4-11(19)8-13(12)21-14/h1-3,6,11-13H,4-5,7-8,19H2. The fraction of sp³-hybridized carbons (Fsp3) is 0.533. The molecule has 1 aromatic rings. The zero-order chi connectivity index (χ0) is 15.0. The molecule has 0 saturated heterocycles. The van der Waals surface area contributed by atoms with Crippen molar-refractivity contribution in [3.63, 3.8) is 0 Å². The maximum absolute atomic E-state index is 12.7. The minimum Gasteiger partial charge on any atom is -0.328 e. The predicted octanol–water partition coefficient (Wildman–Crippen LogP) is 3.64. The molecule has 3 atom stereocenters. The summed E-state index contributed by atoms with van der Waals surface area (Å²) in [6, 6.07) is 6.05. The fourth-order valence-electron chi connectivity index (χ4n) is 2.93. The molecule has 1 fully saturated rings. The largest absolute Gasteiger partial charge is 0.416 e. The van der Waals surface area contributed by atoms with Crippen LogP contribution in [-0.2, 0) is 12.6 Å². The smallest absolute Gasteiger partial charge is 0.328 e. The topological polar surface area (TPSA) is 38.4 Å². The first kappa shape index (κ1) is 14.9. The number of rotatable bonds is 2. The third kappa shape index (κ3) is 3.43. The number of alkyl halides is 3. The first-order chi connectivity index (χ1) is 9.91. The highest BCUT2D eigenvalue weighted by atomic mass is 32.2. The lowest BCUT2D eigenvalue weighted by Crippen LogP contribution is -2.35. The van der Waals surface area contributed by atoms with Crippen LogP contribution in [0.15, 0.2) is 29.3 Å². The molecular formula is C15H17F3N2S. The van der Waals surface area contributed by atoms with Crippen molar-refractivity contribution in [2.24, 2.45) is 10.7 Å². The molecule has 1 aliphatic carbocycles. The molecule has 0 radical (unpaired) electrons. The highest BCUT2D eigenvalue weighted by molar-refractivity contribution is 8.14. The number of fused-ring (bicyclic) bond motifs is 1. The van der Waals surface area contributed by atoms with E-state index in [1.807, 2.05) is 0 Å². The Kier molecular flexibility index (Phi) is 4.01. The Morgan fingerprint density at radius 1 is 1.29 bits per heavy atom. The van der Waals surface area contributed by atoms with Crippen molar-refractivity contribution in [1.29, 1.82) is 0 Å². The van der Waals surface area contributed by atoms with Crippen molar-refractivity contribution < 1.29 is 13.2 Å². The molecule has 3 rings (SSSR count). The number of hydrogen-bond donors (Lipinski definition) is 1. The highest BCUT2D eigenvalue weighted by Crippen LogP contribution is 2.38. The summed E-state index contributed by atoms with van der Waals surface area (Å²) in [6.07, 6.45) is -0.879. The van der Waals surface area contributed by atoms with Crippen LogP contribution in [0.1, 0.15) is 30.4 Å². The van der Waals surface area contributed by atoms with Gasteiger partial charge in [-0.25, -0.2) is 0 Å². The van der Waals surface area contributed by atoms with E-state index in [9.17, 15) is 13.2 Å². The minimum atomic E-state index is -4.29. The van der Waals surface area contributed by atoms with Crippen LogP contribution in [0, 0.1) is 0 Å². The van der Waals surface area contributed by atoms with Crippen molar-refractivity contribution in [2.75, 3.05) is 0 Å². The van der Waals surface area contributed by atoms with Crippen molar-refractivity contribution in [3.05, 3.63) is 35.4 Å². The van der Waals surface area contributed by atoms with Gasteiger partial charge in [0.1, 0.15) is 0 Å². The van der Waals surface area contributed by atoms with Crippen LogP contribution in [0.3, 0.4) is 0 Å². The number of benzene rings is 1. The number of nitrogens with zero attached hydrogens (tertiary/aromatic N) is 1. The van der Waals surface area contributed by atoms with E-state index in [2.05, 4.69) is 4.99 Å². The van der Waals surface area contributed by atoms with Crippen molar-refractivity contribution in [2.45, 2.75) is 49.2 Å². The molecule has 21 heavy (non-hydrogen) atoms. The van der Waals surface area contributed by atoms with Crippen LogP contribution >= 0.6 is 11.8 Å². The van der Waals surface area contributed by atoms with Crippen LogP contribution < -0.4 is 5.73 Å². The molecular weight excluding hydrogens is 297 g/mol. The molecule has 0 aromatic heterocycles. The summed E-state index contributed by atoms with van der Waals surface area (Å²) in [5.41, 5.74) is 6.04. The first-order valence-electron chi connectivity index (χ1n) is 7.07. The summed E-state index contributed by atoms with van der Waals surface area (Å²) in [5, 5.41) is 1.35. The highest BCUT2D eigenvalue weighted by Gasteiger charge is 2.35. The van der Waals surface area contributed by atoms with Crippen molar-refractivity contribution in [3.8, 4) is 0 Å². The summed E-state index contributed by atoms with van der Waals surface area (Å²) >= 11 is 1.70. The van der Waals surface area contributed by atoms with Gasteiger partial charge in [-0.05, 0) is 30.9 Å². The Morgan fingerprint density at radius 2 is 2.10 bits per heavy atom. The van der Waals surface area contributed by atoms with Gasteiger partial charge in [0.05, 0.1) is 16.6 Å². The maximum Gasteiger partial charge on any atom is 0.416 e. The molecule has 0 bridgehead atoms. The number of thioether (sulfide) groups is 1. The van der Waals surface area contributed by atoms with E-state index >= 15 is 0 Å². The van der Waals surface area contributed by atoms with Gasteiger partial charge < -0.3 is 5.73 Å². The quantitative estimate of drug-likeness (QED) is 0.905. The Labute approximate surface area is 126 Å². The Hall–Kier alpha value is -1.01. The number of nitrogens with two attached hydrogens (primary N) is 1. The molecule has 2 aliphatic rings. The zero-order valence-corrected chi connectivity index (χ0v) is 12.3. The third-order valence-corrected chi connectivity index (χ3v) is 5.34. The second kappa shape index (κ2) is 5.65. The second-order valence-corrected chi connectivity index (χ2v) is 7.01. The van der Waals surface area contributed by atoms with E-state index in [0.29, 0.717) is 23.3 Å². The molecule has 1 aromatic carbocycles. The van der Waals surface area contributed by atoms with E-state index in [4.69, 9.17) is 5.73 Å². The summed E-state index contributed by atoms with van der Waals surface area (Å²) in [7, 11) is 0. The Balaban J connectivity index is 1.70. The van der Waals surface area contributed by atoms with Crippen LogP contribution in [0.5, 0.6) is 0 Å². The van der Waals surface area contributed by atoms with E-state index in [1.165, 1.54) is 12.1 Å². The number of hydrogen-bond acceptors (Lipinski definition) is 3. The van der Waals surface area contributed by atoms with Gasteiger partial charge in [-0.2, -0.15) is 13.2 Å². The van der Waals surface area contributed by atoms with Gasteiger partial charge in [-0.15, -0.1) is 11.8 Å². The van der Waals surface area contributed by atoms with Gasteiger partial charge in [0.15, 0.2) is 0 Å². The molecule has 1 aliphatic heterocycles. The molecule has 2 N–H and O–H groups in total. The molecule has 0 spiro atoms. The Bertz CT molecular complexity index is 556. The van der Waals surface area contributed by atoms with Crippen LogP contribution in [-0.4, -0.2) is 22.4 Å². The van der Waals surface area contributed by atoms with Gasteiger partial charge in [0.2, 0.25) is 0 Å². The number of halogens is 3. The lowest BCUT2D eigenvalue weighted by atomic mass is 9.92. The lowest BCUT2D eigenvalue weighted by Gasteiger charge is -2.27. The number of aliphatic imine (C=N–C) groups is 1. The van der Waals surface area contributed by atoms with Crippen molar-refractivity contribution >= 4 is 16.8 Å². The molecule has 3 unspecified atom stereocenters. The molecule has 6 heteroatoms. The average molecular weight is 314 g/mol. The fourth-order valence-corrected chi connectivity index (χ4v) is 4.42. The molecule has 2 nitrogen and oxygen atoms in total. The van der Waals surface area contributed by atoms with Gasteiger partial charge in [-0.1, -0.05) is 18.2 Å². The summed E-state index contributed by atoms with van der Waals surface area (Å²) < 4.78 is 38.2. The van der Waals surface area contributed by atoms with Gasteiger partial charge in [-0.3, -0.25) is 4.99 Å². The minimum absolute atomic E-state index is 0.238. The van der Waals surface area contributed by atoms with Gasteiger partial charge in [0.25, 0.3) is 0 Å². The first-order valence-corrected chi connectivity index (χ1v) is 7.95. The van der Waals surface area contributed by atoms with Gasteiger partial charge >= 0.3 is 6.18 Å². The summed E-state index contributed by atoms with van der Waals surface area (Å²) in [6.45, 7) is 0. The SMILES string of the molecule is NC1CCC2N=C(Cc3cccc(C(F)(F)F)c3)SC2C1. The molecule has 1 heterocycles. The van der Waals surface area contributed by atoms with E-state index in [0.717, 1.165) is 30.4 Å². The maximum atomic E-state index is 12.7. The average Bonchev–Trinajstić information content (AvgIpc) is 2.79. The van der Waals surface area contributed by atoms with Crippen LogP contribution in [0.4, 0.5) is 13.2 Å². The van der Waals surface area contributed by atoms with Crippen LogP contribution in [0.25, 0.3) is 0 Å². The Morgan fingerprint density at radius 3 is 2.86 bits per heavy atom. The normalized spacial score (nSPS) is 29.1. The van der Waals surface area contributed by atoms with E-state index in [1.54, 1.807) is 17.8 Å².